The number of rotatable bonds is 8. The van der Waals surface area contributed by atoms with Crippen LogP contribution in [-0.2, 0) is 5.41 Å². The Bertz CT molecular complexity index is 3250. The van der Waals surface area contributed by atoms with Crippen LogP contribution in [-0.4, -0.2) is 0 Å². The largest absolute Gasteiger partial charge is 0.311 e. The van der Waals surface area contributed by atoms with Gasteiger partial charge in [0.05, 0.1) is 28.7 Å². The van der Waals surface area contributed by atoms with Crippen molar-refractivity contribution >= 4 is 34.1 Å². The third kappa shape index (κ3) is 6.43. The summed E-state index contributed by atoms with van der Waals surface area (Å²) in [7, 11) is 0. The third-order valence-electron chi connectivity index (χ3n) is 13.5. The van der Waals surface area contributed by atoms with Gasteiger partial charge in [0, 0.05) is 34.1 Å². The molecule has 10 aromatic rings. The Morgan fingerprint density at radius 1 is 0.269 bits per heavy atom. The lowest BCUT2D eigenvalue weighted by molar-refractivity contribution is 0.793. The molecule has 0 bridgehead atoms. The Morgan fingerprint density at radius 3 is 0.851 bits per heavy atom. The molecule has 12 rings (SSSR count). The number of para-hydroxylation sites is 4. The van der Waals surface area contributed by atoms with Crippen molar-refractivity contribution in [1.82, 2.24) is 0 Å². The lowest BCUT2D eigenvalue weighted by atomic mass is 9.69. The number of hydrogen-bond acceptors (Lipinski definition) is 4. The Kier molecular flexibility index (Phi) is 9.46. The zero-order valence-corrected chi connectivity index (χ0v) is 36.4. The maximum atomic E-state index is 10.4. The molecule has 0 radical (unpaired) electrons. The number of hydrogen-bond donors (Lipinski definition) is 0. The van der Waals surface area contributed by atoms with Crippen molar-refractivity contribution in [3.63, 3.8) is 0 Å². The first-order chi connectivity index (χ1) is 33.1. The fourth-order valence-electron chi connectivity index (χ4n) is 10.5. The molecule has 0 aliphatic heterocycles. The van der Waals surface area contributed by atoms with E-state index in [-0.39, 0.29) is 0 Å². The third-order valence-corrected chi connectivity index (χ3v) is 13.5. The van der Waals surface area contributed by atoms with E-state index < -0.39 is 5.41 Å². The quantitative estimate of drug-likeness (QED) is 0.153. The molecule has 0 fully saturated rings. The van der Waals surface area contributed by atoms with Crippen molar-refractivity contribution in [2.45, 2.75) is 5.41 Å². The summed E-state index contributed by atoms with van der Waals surface area (Å²) in [5, 5.41) is 20.8. The van der Waals surface area contributed by atoms with Gasteiger partial charge in [-0.15, -0.1) is 0 Å². The molecule has 4 nitrogen and oxygen atoms in total. The first-order valence-corrected chi connectivity index (χ1v) is 22.5. The molecular formula is C63H40N4. The van der Waals surface area contributed by atoms with Gasteiger partial charge in [-0.2, -0.15) is 10.5 Å². The van der Waals surface area contributed by atoms with Crippen LogP contribution in [0.25, 0.3) is 44.5 Å². The average molecular weight is 853 g/mol. The van der Waals surface area contributed by atoms with E-state index in [0.717, 1.165) is 101 Å². The molecule has 312 valence electrons. The van der Waals surface area contributed by atoms with Crippen LogP contribution in [0.2, 0.25) is 0 Å². The topological polar surface area (TPSA) is 54.1 Å². The number of anilines is 6. The Hall–Kier alpha value is -9.22. The number of nitriles is 2. The van der Waals surface area contributed by atoms with Gasteiger partial charge >= 0.3 is 0 Å². The second-order valence-electron chi connectivity index (χ2n) is 17.1. The summed E-state index contributed by atoms with van der Waals surface area (Å²) in [4.78, 5) is 4.55. The van der Waals surface area contributed by atoms with Gasteiger partial charge in [-0.3, -0.25) is 0 Å². The molecular weight excluding hydrogens is 813 g/mol. The first-order valence-electron chi connectivity index (χ1n) is 22.5. The highest BCUT2D eigenvalue weighted by atomic mass is 15.1. The summed E-state index contributed by atoms with van der Waals surface area (Å²) in [6.07, 6.45) is 0. The van der Waals surface area contributed by atoms with Crippen LogP contribution in [0.1, 0.15) is 33.4 Å². The van der Waals surface area contributed by atoms with E-state index in [9.17, 15) is 10.5 Å². The fourth-order valence-corrected chi connectivity index (χ4v) is 10.5. The summed E-state index contributed by atoms with van der Waals surface area (Å²) >= 11 is 0. The fraction of sp³-hybridized carbons (Fsp3) is 0.0159. The Labute approximate surface area is 390 Å². The molecule has 2 aliphatic carbocycles. The van der Waals surface area contributed by atoms with Gasteiger partial charge in [-0.25, -0.2) is 0 Å². The van der Waals surface area contributed by atoms with Crippen molar-refractivity contribution in [3.05, 3.63) is 276 Å². The monoisotopic (exact) mass is 852 g/mol. The lowest BCUT2D eigenvalue weighted by Crippen LogP contribution is -2.26. The van der Waals surface area contributed by atoms with Gasteiger partial charge in [0.2, 0.25) is 0 Å². The predicted octanol–water partition coefficient (Wildman–Crippen LogP) is 16.0. The summed E-state index contributed by atoms with van der Waals surface area (Å²) in [6, 6.07) is 90.2. The van der Waals surface area contributed by atoms with Gasteiger partial charge in [-0.1, -0.05) is 133 Å². The molecule has 67 heavy (non-hydrogen) atoms. The smallest absolute Gasteiger partial charge is 0.0991 e. The van der Waals surface area contributed by atoms with Crippen LogP contribution in [0, 0.1) is 22.7 Å². The number of nitrogens with zero attached hydrogens (tertiary/aromatic N) is 4. The van der Waals surface area contributed by atoms with E-state index in [4.69, 9.17) is 0 Å². The molecule has 0 aromatic heterocycles. The molecule has 10 aromatic carbocycles. The van der Waals surface area contributed by atoms with Crippen LogP contribution in [0.15, 0.2) is 243 Å². The molecule has 1 spiro atoms. The maximum Gasteiger partial charge on any atom is 0.0991 e. The van der Waals surface area contributed by atoms with Gasteiger partial charge in [0.1, 0.15) is 0 Å². The minimum Gasteiger partial charge on any atom is -0.311 e. The van der Waals surface area contributed by atoms with Crippen LogP contribution >= 0.6 is 0 Å². The van der Waals surface area contributed by atoms with Crippen LogP contribution in [0.5, 0.6) is 0 Å². The molecule has 0 N–H and O–H groups in total. The molecule has 0 saturated heterocycles. The van der Waals surface area contributed by atoms with Crippen LogP contribution in [0.3, 0.4) is 0 Å². The SMILES string of the molecule is N#Cc1ccc2c(c1)C1(c3cc(C#N)ccc3-2)c2cc(-c3ccc(N(c4ccccc4)c4ccccc4)cc3)ccc2-c2ccc(-c3ccc(N(c4ccccc4)c4ccccc4)cc3)cc21. The minimum absolute atomic E-state index is 0.600. The second kappa shape index (κ2) is 16.1. The van der Waals surface area contributed by atoms with Gasteiger partial charge < -0.3 is 9.80 Å². The number of benzene rings is 10. The first kappa shape index (κ1) is 39.4. The van der Waals surface area contributed by atoms with Crippen LogP contribution in [0.4, 0.5) is 34.1 Å². The zero-order chi connectivity index (χ0) is 44.9. The summed E-state index contributed by atoms with van der Waals surface area (Å²) in [5.41, 5.74) is 20.0. The van der Waals surface area contributed by atoms with Gasteiger partial charge in [0.25, 0.3) is 0 Å². The Balaban J connectivity index is 1.01. The van der Waals surface area contributed by atoms with Crippen molar-refractivity contribution < 1.29 is 0 Å². The molecule has 4 heteroatoms. The van der Waals surface area contributed by atoms with Crippen molar-refractivity contribution in [3.8, 4) is 56.6 Å². The lowest BCUT2D eigenvalue weighted by Gasteiger charge is -2.31. The average Bonchev–Trinajstić information content (AvgIpc) is 3.86. The van der Waals surface area contributed by atoms with E-state index in [0.29, 0.717) is 11.1 Å². The minimum atomic E-state index is -0.796. The van der Waals surface area contributed by atoms with Crippen molar-refractivity contribution in [2.75, 3.05) is 9.80 Å². The van der Waals surface area contributed by atoms with Crippen molar-refractivity contribution in [1.29, 1.82) is 10.5 Å². The molecule has 0 unspecified atom stereocenters. The zero-order valence-electron chi connectivity index (χ0n) is 36.4. The highest BCUT2D eigenvalue weighted by Crippen LogP contribution is 2.64. The van der Waals surface area contributed by atoms with E-state index in [1.807, 2.05) is 36.4 Å². The highest BCUT2D eigenvalue weighted by molar-refractivity contribution is 5.97. The Morgan fingerprint density at radius 2 is 0.537 bits per heavy atom. The summed E-state index contributed by atoms with van der Waals surface area (Å²) < 4.78 is 0. The second-order valence-corrected chi connectivity index (χ2v) is 17.1. The van der Waals surface area contributed by atoms with E-state index in [2.05, 4.69) is 228 Å². The molecule has 0 amide bonds. The van der Waals surface area contributed by atoms with E-state index >= 15 is 0 Å². The molecule has 2 aliphatic rings. The van der Waals surface area contributed by atoms with Crippen molar-refractivity contribution in [2.24, 2.45) is 0 Å². The van der Waals surface area contributed by atoms with Crippen LogP contribution < -0.4 is 9.80 Å². The summed E-state index contributed by atoms with van der Waals surface area (Å²) in [6.45, 7) is 0. The summed E-state index contributed by atoms with van der Waals surface area (Å²) in [5.74, 6) is 0. The molecule has 0 atom stereocenters. The molecule has 0 heterocycles. The normalized spacial score (nSPS) is 12.3. The predicted molar refractivity (Wildman–Crippen MR) is 272 cm³/mol. The van der Waals surface area contributed by atoms with E-state index in [1.165, 1.54) is 0 Å². The van der Waals surface area contributed by atoms with Gasteiger partial charge in [0.15, 0.2) is 0 Å². The maximum absolute atomic E-state index is 10.4. The van der Waals surface area contributed by atoms with Gasteiger partial charge in [-0.05, 0) is 176 Å². The standard InChI is InChI=1S/C63H40N4/c64-41-43-21-33-55-56-34-22-44(42-65)38-60(56)63(59(55)37-43)61-39-47(45-23-29-53(30-24-45)66(49-13-5-1-6-14-49)50-15-7-2-8-16-50)27-35-57(61)58-36-28-48(40-62(58)63)46-25-31-54(32-26-46)67(51-17-9-3-10-18-51)52-19-11-4-12-20-52/h1-40H. The van der Waals surface area contributed by atoms with E-state index in [1.54, 1.807) is 0 Å². The highest BCUT2D eigenvalue weighted by Gasteiger charge is 2.52. The molecule has 0 saturated carbocycles. The number of fused-ring (bicyclic) bond motifs is 10.